The number of halogens is 1. The third kappa shape index (κ3) is 3.66. The van der Waals surface area contributed by atoms with E-state index in [1.54, 1.807) is 42.0 Å². The standard InChI is InChI=1S/C22H25FN4O2S/c1-5-17(13-27-12-16(11-24)18-7-6-8-19(23)21(18)27)26(4)30(28,29)22-15(3)9-14(2)10-20(22)25/h6-10,12,17H,5,13,25H2,1-4H3/t17-/m0/s1. The van der Waals surface area contributed by atoms with Crippen LogP contribution in [0.25, 0.3) is 10.9 Å². The van der Waals surface area contributed by atoms with Gasteiger partial charge in [-0.15, -0.1) is 0 Å². The molecule has 8 heteroatoms. The zero-order valence-electron chi connectivity index (χ0n) is 17.5. The normalized spacial score (nSPS) is 13.0. The summed E-state index contributed by atoms with van der Waals surface area (Å²) in [6.45, 7) is 5.65. The van der Waals surface area contributed by atoms with E-state index in [4.69, 9.17) is 5.73 Å². The SMILES string of the molecule is CC[C@@H](Cn1cc(C#N)c2cccc(F)c21)N(C)S(=O)(=O)c1c(C)cc(C)cc1N. The lowest BCUT2D eigenvalue weighted by Gasteiger charge is -2.28. The van der Waals surface area contributed by atoms with Crippen LogP contribution in [0.1, 0.15) is 30.0 Å². The number of hydrogen-bond donors (Lipinski definition) is 1. The zero-order chi connectivity index (χ0) is 22.2. The fourth-order valence-corrected chi connectivity index (χ4v) is 5.67. The van der Waals surface area contributed by atoms with E-state index >= 15 is 0 Å². The van der Waals surface area contributed by atoms with Crippen molar-refractivity contribution < 1.29 is 12.8 Å². The lowest BCUT2D eigenvalue weighted by atomic mass is 10.1. The number of para-hydroxylation sites is 1. The molecule has 1 heterocycles. The number of rotatable bonds is 6. The molecule has 0 aliphatic heterocycles. The van der Waals surface area contributed by atoms with Crippen molar-refractivity contribution in [2.75, 3.05) is 12.8 Å². The summed E-state index contributed by atoms with van der Waals surface area (Å²) < 4.78 is 44.2. The summed E-state index contributed by atoms with van der Waals surface area (Å²) in [6.07, 6.45) is 2.07. The first-order chi connectivity index (χ1) is 14.1. The van der Waals surface area contributed by atoms with Gasteiger partial charge in [0, 0.05) is 31.2 Å². The minimum Gasteiger partial charge on any atom is -0.398 e. The third-order valence-electron chi connectivity index (χ3n) is 5.45. The molecule has 1 aromatic heterocycles. The Labute approximate surface area is 176 Å². The number of nitriles is 1. The van der Waals surface area contributed by atoms with Gasteiger partial charge in [-0.25, -0.2) is 12.8 Å². The number of nitrogen functional groups attached to an aromatic ring is 1. The van der Waals surface area contributed by atoms with Crippen LogP contribution in [0.2, 0.25) is 0 Å². The van der Waals surface area contributed by atoms with Gasteiger partial charge in [0.1, 0.15) is 16.8 Å². The van der Waals surface area contributed by atoms with Crippen molar-refractivity contribution in [1.82, 2.24) is 8.87 Å². The molecule has 30 heavy (non-hydrogen) atoms. The third-order valence-corrected chi connectivity index (χ3v) is 7.58. The average Bonchev–Trinajstić information content (AvgIpc) is 3.03. The Bertz CT molecular complexity index is 1240. The Kier molecular flexibility index (Phi) is 5.88. The fraction of sp³-hybridized carbons (Fsp3) is 0.318. The molecular formula is C22H25FN4O2S. The Morgan fingerprint density at radius 1 is 1.30 bits per heavy atom. The van der Waals surface area contributed by atoms with Gasteiger partial charge in [-0.05, 0) is 43.5 Å². The summed E-state index contributed by atoms with van der Waals surface area (Å²) in [5, 5.41) is 9.91. The van der Waals surface area contributed by atoms with Crippen LogP contribution in [0.3, 0.4) is 0 Å². The smallest absolute Gasteiger partial charge is 0.245 e. The number of aromatic nitrogens is 1. The van der Waals surface area contributed by atoms with Gasteiger partial charge in [0.2, 0.25) is 10.0 Å². The van der Waals surface area contributed by atoms with E-state index in [0.29, 0.717) is 28.5 Å². The van der Waals surface area contributed by atoms with Crippen molar-refractivity contribution in [2.45, 2.75) is 44.7 Å². The number of nitrogens with zero attached hydrogens (tertiary/aromatic N) is 3. The highest BCUT2D eigenvalue weighted by molar-refractivity contribution is 7.89. The van der Waals surface area contributed by atoms with Crippen molar-refractivity contribution in [1.29, 1.82) is 5.26 Å². The van der Waals surface area contributed by atoms with Crippen LogP contribution in [0, 0.1) is 31.0 Å². The zero-order valence-corrected chi connectivity index (χ0v) is 18.3. The van der Waals surface area contributed by atoms with Crippen LogP contribution in [-0.2, 0) is 16.6 Å². The molecule has 0 bridgehead atoms. The van der Waals surface area contributed by atoms with E-state index in [1.807, 2.05) is 13.8 Å². The molecule has 0 saturated carbocycles. The van der Waals surface area contributed by atoms with Gasteiger partial charge in [-0.1, -0.05) is 25.1 Å². The predicted molar refractivity (Wildman–Crippen MR) is 116 cm³/mol. The molecule has 3 aromatic rings. The number of sulfonamides is 1. The second-order valence-corrected chi connectivity index (χ2v) is 9.46. The van der Waals surface area contributed by atoms with Crippen LogP contribution in [0.4, 0.5) is 10.1 Å². The molecule has 0 radical (unpaired) electrons. The largest absolute Gasteiger partial charge is 0.398 e. The van der Waals surface area contributed by atoms with Crippen molar-refractivity contribution in [3.8, 4) is 6.07 Å². The molecule has 0 aliphatic carbocycles. The molecule has 6 nitrogen and oxygen atoms in total. The Morgan fingerprint density at radius 3 is 2.60 bits per heavy atom. The van der Waals surface area contributed by atoms with Crippen molar-refractivity contribution in [3.63, 3.8) is 0 Å². The number of hydrogen-bond acceptors (Lipinski definition) is 4. The maximum Gasteiger partial charge on any atom is 0.245 e. The molecule has 2 N–H and O–H groups in total. The van der Waals surface area contributed by atoms with E-state index in [9.17, 15) is 18.1 Å². The lowest BCUT2D eigenvalue weighted by molar-refractivity contribution is 0.325. The number of nitrogens with two attached hydrogens (primary N) is 1. The van der Waals surface area contributed by atoms with Gasteiger partial charge in [-0.3, -0.25) is 0 Å². The van der Waals surface area contributed by atoms with Crippen LogP contribution < -0.4 is 5.73 Å². The van der Waals surface area contributed by atoms with Gasteiger partial charge in [-0.2, -0.15) is 9.57 Å². The minimum atomic E-state index is -3.87. The van der Waals surface area contributed by atoms with Gasteiger partial charge < -0.3 is 10.3 Å². The van der Waals surface area contributed by atoms with E-state index in [-0.39, 0.29) is 17.1 Å². The number of anilines is 1. The summed E-state index contributed by atoms with van der Waals surface area (Å²) in [5.74, 6) is -0.451. The molecule has 0 saturated heterocycles. The first-order valence-electron chi connectivity index (χ1n) is 9.64. The number of benzene rings is 2. The lowest BCUT2D eigenvalue weighted by Crippen LogP contribution is -2.40. The van der Waals surface area contributed by atoms with E-state index in [1.165, 1.54) is 17.4 Å². The highest BCUT2D eigenvalue weighted by Gasteiger charge is 2.31. The highest BCUT2D eigenvalue weighted by atomic mass is 32.2. The van der Waals surface area contributed by atoms with Crippen LogP contribution in [0.5, 0.6) is 0 Å². The van der Waals surface area contributed by atoms with Gasteiger partial charge in [0.25, 0.3) is 0 Å². The molecule has 0 unspecified atom stereocenters. The molecule has 1 atom stereocenters. The molecular weight excluding hydrogens is 403 g/mol. The van der Waals surface area contributed by atoms with E-state index in [2.05, 4.69) is 6.07 Å². The van der Waals surface area contributed by atoms with Gasteiger partial charge in [0.15, 0.2) is 0 Å². The summed E-state index contributed by atoms with van der Waals surface area (Å²) >= 11 is 0. The summed E-state index contributed by atoms with van der Waals surface area (Å²) in [6, 6.07) is 9.61. The molecule has 3 rings (SSSR count). The predicted octanol–water partition coefficient (Wildman–Crippen LogP) is 3.95. The van der Waals surface area contributed by atoms with Crippen LogP contribution in [0.15, 0.2) is 41.4 Å². The summed E-state index contributed by atoms with van der Waals surface area (Å²) in [5.41, 5.74) is 8.38. The quantitative estimate of drug-likeness (QED) is 0.602. The number of aryl methyl sites for hydroxylation is 2. The Morgan fingerprint density at radius 2 is 2.00 bits per heavy atom. The van der Waals surface area contributed by atoms with Gasteiger partial charge in [0.05, 0.1) is 16.8 Å². The topological polar surface area (TPSA) is 92.1 Å². The van der Waals surface area contributed by atoms with Gasteiger partial charge >= 0.3 is 0 Å². The maximum absolute atomic E-state index is 14.5. The fourth-order valence-electron chi connectivity index (χ4n) is 3.96. The summed E-state index contributed by atoms with van der Waals surface area (Å²) in [7, 11) is -2.37. The second kappa shape index (κ2) is 8.09. The van der Waals surface area contributed by atoms with Crippen molar-refractivity contribution in [2.24, 2.45) is 0 Å². The molecule has 0 amide bonds. The van der Waals surface area contributed by atoms with Crippen molar-refractivity contribution >= 4 is 26.6 Å². The Balaban J connectivity index is 2.04. The van der Waals surface area contributed by atoms with Crippen molar-refractivity contribution in [3.05, 3.63) is 59.0 Å². The molecule has 0 spiro atoms. The Hall–Kier alpha value is -2.89. The highest BCUT2D eigenvalue weighted by Crippen LogP contribution is 2.30. The number of likely N-dealkylation sites (N-methyl/N-ethyl adjacent to an activating group) is 1. The molecule has 2 aromatic carbocycles. The monoisotopic (exact) mass is 428 g/mol. The average molecular weight is 429 g/mol. The summed E-state index contributed by atoms with van der Waals surface area (Å²) in [4.78, 5) is 0.0929. The molecule has 0 aliphatic rings. The first kappa shape index (κ1) is 21.8. The van der Waals surface area contributed by atoms with E-state index in [0.717, 1.165) is 5.56 Å². The second-order valence-electron chi connectivity index (χ2n) is 7.53. The van der Waals surface area contributed by atoms with Crippen LogP contribution >= 0.6 is 0 Å². The minimum absolute atomic E-state index is 0.0929. The maximum atomic E-state index is 14.5. The van der Waals surface area contributed by atoms with E-state index < -0.39 is 21.9 Å². The first-order valence-corrected chi connectivity index (χ1v) is 11.1. The molecule has 0 fully saturated rings. The number of fused-ring (bicyclic) bond motifs is 1. The molecule has 158 valence electrons. The van der Waals surface area contributed by atoms with Crippen LogP contribution in [-0.4, -0.2) is 30.4 Å².